The van der Waals surface area contributed by atoms with Gasteiger partial charge in [0.2, 0.25) is 11.8 Å². The van der Waals surface area contributed by atoms with Crippen molar-refractivity contribution >= 4 is 45.8 Å². The molecule has 0 radical (unpaired) electrons. The van der Waals surface area contributed by atoms with Crippen molar-refractivity contribution in [2.75, 3.05) is 55.7 Å². The van der Waals surface area contributed by atoms with Gasteiger partial charge in [0.05, 0.1) is 24.5 Å². The Labute approximate surface area is 206 Å². The Morgan fingerprint density at radius 3 is 2.14 bits per heavy atom. The van der Waals surface area contributed by atoms with E-state index in [0.717, 1.165) is 0 Å². The highest BCUT2D eigenvalue weighted by atomic mass is 31.1. The Bertz CT molecular complexity index is 943. The van der Waals surface area contributed by atoms with Crippen molar-refractivity contribution in [1.29, 1.82) is 0 Å². The van der Waals surface area contributed by atoms with E-state index in [4.69, 9.17) is 38.5 Å². The first-order valence-corrected chi connectivity index (χ1v) is 13.0. The van der Waals surface area contributed by atoms with Crippen LogP contribution in [-0.4, -0.2) is 99.5 Å². The van der Waals surface area contributed by atoms with E-state index < -0.39 is 41.1 Å². The topological polar surface area (TPSA) is 217 Å². The molecule has 2 aliphatic rings. The van der Waals surface area contributed by atoms with Crippen LogP contribution in [0.2, 0.25) is 0 Å². The number of hydrogen-bond acceptors (Lipinski definition) is 8. The van der Waals surface area contributed by atoms with Gasteiger partial charge in [0.1, 0.15) is 18.5 Å². The minimum absolute atomic E-state index is 0.203. The fourth-order valence-corrected chi connectivity index (χ4v) is 3.31. The largest absolute Gasteiger partial charge is 0.442 e. The summed E-state index contributed by atoms with van der Waals surface area (Å²) in [5.74, 6) is -1.03. The van der Waals surface area contributed by atoms with Crippen molar-refractivity contribution in [3.05, 3.63) is 24.0 Å². The molecule has 0 spiro atoms. The Morgan fingerprint density at radius 1 is 1.11 bits per heavy atom. The highest BCUT2D eigenvalue weighted by Crippen LogP contribution is 2.28. The maximum atomic E-state index is 14.7. The van der Waals surface area contributed by atoms with E-state index >= 15 is 0 Å². The zero-order chi connectivity index (χ0) is 27.4. The lowest BCUT2D eigenvalue weighted by molar-refractivity contribution is -0.134. The minimum Gasteiger partial charge on any atom is -0.442 e. The Hall–Kier alpha value is -2.58. The van der Waals surface area contributed by atoms with Crippen LogP contribution in [0.25, 0.3) is 0 Å². The predicted molar refractivity (Wildman–Crippen MR) is 125 cm³/mol. The summed E-state index contributed by atoms with van der Waals surface area (Å²) in [6, 6.07) is 4.52. The van der Waals surface area contributed by atoms with Gasteiger partial charge < -0.3 is 44.5 Å². The lowest BCUT2D eigenvalue weighted by Gasteiger charge is -2.36. The SMILES string of the molecule is CC(=O)NC[C@H]1CN(c2ccc(N3CCN(C(=O)CO)CC3)c(F)c2)C(=O)O1.O=[PH](O)O.O=[PH](O)O. The van der Waals surface area contributed by atoms with Crippen LogP contribution in [0.1, 0.15) is 6.92 Å². The maximum Gasteiger partial charge on any atom is 0.414 e. The van der Waals surface area contributed by atoms with Crippen LogP contribution in [0.3, 0.4) is 0 Å². The van der Waals surface area contributed by atoms with Crippen LogP contribution in [-0.2, 0) is 23.5 Å². The summed E-state index contributed by atoms with van der Waals surface area (Å²) < 4.78 is 37.4. The summed E-state index contributed by atoms with van der Waals surface area (Å²) in [6.45, 7) is 2.99. The maximum absolute atomic E-state index is 14.7. The monoisotopic (exact) mass is 558 g/mol. The number of nitrogens with one attached hydrogen (secondary N) is 1. The molecule has 204 valence electrons. The van der Waals surface area contributed by atoms with Gasteiger partial charge in [-0.05, 0) is 18.2 Å². The molecule has 6 N–H and O–H groups in total. The first kappa shape index (κ1) is 31.4. The van der Waals surface area contributed by atoms with Gasteiger partial charge in [0, 0.05) is 33.1 Å². The number of benzene rings is 1. The van der Waals surface area contributed by atoms with Crippen LogP contribution in [0.4, 0.5) is 20.6 Å². The molecular weight excluding hydrogens is 529 g/mol. The molecule has 0 aliphatic carbocycles. The first-order valence-electron chi connectivity index (χ1n) is 10.3. The second kappa shape index (κ2) is 15.5. The number of carbonyl (C=O) groups is 3. The molecule has 1 aromatic rings. The molecule has 2 heterocycles. The van der Waals surface area contributed by atoms with E-state index in [9.17, 15) is 18.8 Å². The smallest absolute Gasteiger partial charge is 0.414 e. The quantitative estimate of drug-likeness (QED) is 0.231. The minimum atomic E-state index is -3.13. The summed E-state index contributed by atoms with van der Waals surface area (Å²) >= 11 is 0. The van der Waals surface area contributed by atoms with E-state index in [1.807, 2.05) is 4.90 Å². The number of ether oxygens (including phenoxy) is 1. The van der Waals surface area contributed by atoms with Crippen molar-refractivity contribution in [3.8, 4) is 0 Å². The fourth-order valence-electron chi connectivity index (χ4n) is 3.31. The summed E-state index contributed by atoms with van der Waals surface area (Å²) in [5, 5.41) is 11.5. The van der Waals surface area contributed by atoms with E-state index in [1.165, 1.54) is 22.8 Å². The summed E-state index contributed by atoms with van der Waals surface area (Å²) in [6.07, 6.45) is -1.07. The molecule has 3 rings (SSSR count). The molecule has 0 aromatic heterocycles. The van der Waals surface area contributed by atoms with E-state index in [0.29, 0.717) is 37.6 Å². The van der Waals surface area contributed by atoms with Gasteiger partial charge in [-0.2, -0.15) is 0 Å². The van der Waals surface area contributed by atoms with Gasteiger partial charge in [-0.1, -0.05) is 0 Å². The number of nitrogens with zero attached hydrogens (tertiary/aromatic N) is 3. The van der Waals surface area contributed by atoms with Gasteiger partial charge in [-0.3, -0.25) is 23.6 Å². The highest BCUT2D eigenvalue weighted by Gasteiger charge is 2.33. The third-order valence-electron chi connectivity index (χ3n) is 4.80. The number of amides is 3. The van der Waals surface area contributed by atoms with Crippen molar-refractivity contribution in [2.24, 2.45) is 0 Å². The summed E-state index contributed by atoms with van der Waals surface area (Å²) in [5.41, 5.74) is 0.771. The number of hydrogen-bond donors (Lipinski definition) is 6. The number of aliphatic hydroxyl groups is 1. The predicted octanol–water partition coefficient (Wildman–Crippen LogP) is -1.35. The number of carbonyl (C=O) groups excluding carboxylic acids is 3. The third kappa shape index (κ3) is 11.0. The first-order chi connectivity index (χ1) is 16.8. The van der Waals surface area contributed by atoms with Gasteiger partial charge in [0.25, 0.3) is 0 Å². The van der Waals surface area contributed by atoms with Gasteiger partial charge in [-0.25, -0.2) is 9.18 Å². The lowest BCUT2D eigenvalue weighted by Crippen LogP contribution is -2.49. The van der Waals surface area contributed by atoms with Crippen LogP contribution < -0.4 is 15.1 Å². The molecule has 0 unspecified atom stereocenters. The van der Waals surface area contributed by atoms with Gasteiger partial charge in [0.15, 0.2) is 0 Å². The van der Waals surface area contributed by atoms with Gasteiger partial charge in [-0.15, -0.1) is 0 Å². The molecule has 2 aliphatic heterocycles. The molecular formula is C18H29FN4O11P2. The molecule has 15 nitrogen and oxygen atoms in total. The second-order valence-electron chi connectivity index (χ2n) is 7.28. The lowest BCUT2D eigenvalue weighted by atomic mass is 10.2. The van der Waals surface area contributed by atoms with Crippen molar-refractivity contribution < 1.29 is 57.3 Å². The van der Waals surface area contributed by atoms with E-state index in [-0.39, 0.29) is 24.9 Å². The fraction of sp³-hybridized carbons (Fsp3) is 0.500. The standard InChI is InChI=1S/C18H23FN4O5.2H3O3P/c1-12(25)20-9-14-10-23(18(27)28-14)13-2-3-16(15(19)8-13)21-4-6-22(7-5-21)17(26)11-24;2*1-4(2)3/h2-3,8,14,24H,4-7,9-11H2,1H3,(H,20,25);2*4H,(H2,1,2,3)/t14-;;/m0../s1. The highest BCUT2D eigenvalue weighted by molar-refractivity contribution is 7.31. The van der Waals surface area contributed by atoms with Crippen LogP contribution in [0, 0.1) is 5.82 Å². The van der Waals surface area contributed by atoms with E-state index in [1.54, 1.807) is 12.1 Å². The molecule has 2 fully saturated rings. The number of piperazine rings is 1. The summed E-state index contributed by atoms with van der Waals surface area (Å²) in [4.78, 5) is 67.9. The molecule has 0 bridgehead atoms. The molecule has 3 amide bonds. The zero-order valence-corrected chi connectivity index (χ0v) is 21.2. The Balaban J connectivity index is 0.000000709. The van der Waals surface area contributed by atoms with Gasteiger partial charge >= 0.3 is 22.6 Å². The zero-order valence-electron chi connectivity index (χ0n) is 19.2. The average Bonchev–Trinajstić information content (AvgIpc) is 3.17. The number of cyclic esters (lactones) is 1. The van der Waals surface area contributed by atoms with Crippen molar-refractivity contribution in [3.63, 3.8) is 0 Å². The molecule has 18 heteroatoms. The third-order valence-corrected chi connectivity index (χ3v) is 4.80. The van der Waals surface area contributed by atoms with Crippen LogP contribution >= 0.6 is 16.5 Å². The Kier molecular flexibility index (Phi) is 13.6. The normalized spacial score (nSPS) is 17.2. The Morgan fingerprint density at radius 2 is 1.67 bits per heavy atom. The average molecular weight is 558 g/mol. The molecule has 1 atom stereocenters. The molecule has 36 heavy (non-hydrogen) atoms. The van der Waals surface area contributed by atoms with Crippen molar-refractivity contribution in [2.45, 2.75) is 13.0 Å². The van der Waals surface area contributed by atoms with Crippen LogP contribution in [0.5, 0.6) is 0 Å². The van der Waals surface area contributed by atoms with Crippen molar-refractivity contribution in [1.82, 2.24) is 10.2 Å². The number of anilines is 2. The summed E-state index contributed by atoms with van der Waals surface area (Å²) in [7, 11) is -6.26. The second-order valence-corrected chi connectivity index (χ2v) is 8.41. The number of aliphatic hydroxyl groups excluding tert-OH is 1. The number of halogens is 1. The molecule has 1 aromatic carbocycles. The molecule has 0 saturated carbocycles. The number of rotatable bonds is 5. The molecule has 2 saturated heterocycles. The van der Waals surface area contributed by atoms with E-state index in [2.05, 4.69) is 5.32 Å². The van der Waals surface area contributed by atoms with Crippen LogP contribution in [0.15, 0.2) is 18.2 Å².